The predicted octanol–water partition coefficient (Wildman–Crippen LogP) is 2.37. The lowest BCUT2D eigenvalue weighted by atomic mass is 9.84. The topological polar surface area (TPSA) is 76.5 Å². The molecule has 2 aromatic rings. The number of hydrogen-bond donors (Lipinski definition) is 1. The van der Waals surface area contributed by atoms with Crippen molar-refractivity contribution in [3.05, 3.63) is 42.3 Å². The van der Waals surface area contributed by atoms with Crippen molar-refractivity contribution in [1.29, 1.82) is 0 Å². The molecule has 2 fully saturated rings. The van der Waals surface area contributed by atoms with Gasteiger partial charge in [-0.1, -0.05) is 12.1 Å². The average Bonchev–Trinajstić information content (AvgIpc) is 3.17. The van der Waals surface area contributed by atoms with E-state index in [0.29, 0.717) is 24.7 Å². The van der Waals surface area contributed by atoms with Crippen LogP contribution in [0.25, 0.3) is 5.69 Å². The fraction of sp³-hybridized carbons (Fsp3) is 0.450. The summed E-state index contributed by atoms with van der Waals surface area (Å²) in [5.74, 6) is -0.118. The highest BCUT2D eigenvalue weighted by Crippen LogP contribution is 2.29. The number of hydrogen-bond acceptors (Lipinski definition) is 4. The van der Waals surface area contributed by atoms with Crippen molar-refractivity contribution in [2.24, 2.45) is 5.92 Å². The van der Waals surface area contributed by atoms with Crippen molar-refractivity contribution in [2.75, 3.05) is 25.1 Å². The highest BCUT2D eigenvalue weighted by molar-refractivity contribution is 5.91. The van der Waals surface area contributed by atoms with Crippen molar-refractivity contribution in [2.45, 2.75) is 31.7 Å². The number of halogens is 1. The number of morpholine rings is 1. The van der Waals surface area contributed by atoms with Gasteiger partial charge in [0.05, 0.1) is 6.61 Å². The molecule has 0 unspecified atom stereocenters. The van der Waals surface area contributed by atoms with Crippen LogP contribution in [-0.2, 0) is 14.3 Å². The van der Waals surface area contributed by atoms with E-state index < -0.39 is 0 Å². The van der Waals surface area contributed by atoms with Crippen LogP contribution in [-0.4, -0.2) is 52.3 Å². The number of rotatable bonds is 4. The lowest BCUT2D eigenvalue weighted by Gasteiger charge is -2.38. The van der Waals surface area contributed by atoms with Crippen molar-refractivity contribution in [3.8, 4) is 5.69 Å². The first-order valence-electron chi connectivity index (χ1n) is 9.60. The zero-order chi connectivity index (χ0) is 19.5. The van der Waals surface area contributed by atoms with Crippen LogP contribution >= 0.6 is 0 Å². The monoisotopic (exact) mass is 386 g/mol. The molecule has 148 valence electrons. The molecule has 2 aliphatic rings. The van der Waals surface area contributed by atoms with Gasteiger partial charge in [-0.15, -0.1) is 5.10 Å². The van der Waals surface area contributed by atoms with Crippen LogP contribution in [0.5, 0.6) is 0 Å². The molecule has 1 aliphatic heterocycles. The summed E-state index contributed by atoms with van der Waals surface area (Å²) in [6, 6.07) is 8.19. The van der Waals surface area contributed by atoms with E-state index in [-0.39, 0.29) is 36.2 Å². The molecule has 0 bridgehead atoms. The van der Waals surface area contributed by atoms with E-state index in [2.05, 4.69) is 10.4 Å². The number of anilines is 1. The fourth-order valence-electron chi connectivity index (χ4n) is 3.96. The molecule has 1 saturated heterocycles. The van der Waals surface area contributed by atoms with Crippen molar-refractivity contribution >= 4 is 17.6 Å². The van der Waals surface area contributed by atoms with Gasteiger partial charge in [-0.3, -0.25) is 9.59 Å². The zero-order valence-electron chi connectivity index (χ0n) is 15.5. The van der Waals surface area contributed by atoms with Crippen LogP contribution in [0, 0.1) is 11.7 Å². The van der Waals surface area contributed by atoms with Gasteiger partial charge in [-0.25, -0.2) is 9.07 Å². The van der Waals surface area contributed by atoms with E-state index in [9.17, 15) is 14.0 Å². The smallest absolute Gasteiger partial charge is 0.248 e. The molecule has 8 heteroatoms. The van der Waals surface area contributed by atoms with Crippen LogP contribution in [0.2, 0.25) is 0 Å². The number of benzene rings is 1. The second-order valence-electron chi connectivity index (χ2n) is 7.23. The number of amides is 2. The quantitative estimate of drug-likeness (QED) is 0.875. The van der Waals surface area contributed by atoms with Gasteiger partial charge in [0.15, 0.2) is 5.82 Å². The van der Waals surface area contributed by atoms with E-state index >= 15 is 0 Å². The number of ether oxygens (including phenoxy) is 1. The van der Waals surface area contributed by atoms with E-state index in [1.165, 1.54) is 10.7 Å². The molecule has 1 aliphatic carbocycles. The molecular weight excluding hydrogens is 363 g/mol. The third-order valence-corrected chi connectivity index (χ3v) is 5.47. The maximum Gasteiger partial charge on any atom is 0.248 e. The van der Waals surface area contributed by atoms with E-state index in [1.54, 1.807) is 30.5 Å². The summed E-state index contributed by atoms with van der Waals surface area (Å²) in [4.78, 5) is 26.5. The van der Waals surface area contributed by atoms with Gasteiger partial charge in [0, 0.05) is 30.8 Å². The Bertz CT molecular complexity index is 861. The Morgan fingerprint density at radius 1 is 1.18 bits per heavy atom. The molecule has 0 radical (unpaired) electrons. The minimum Gasteiger partial charge on any atom is -0.370 e. The Labute approximate surface area is 162 Å². The summed E-state index contributed by atoms with van der Waals surface area (Å²) in [5, 5.41) is 7.08. The van der Waals surface area contributed by atoms with Crippen LogP contribution in [0.3, 0.4) is 0 Å². The Hall–Kier alpha value is -2.74. The molecule has 1 aromatic carbocycles. The number of nitrogens with one attached hydrogen (secondary N) is 1. The SMILES string of the molecule is O=C1COCCN1[C@H]1CC[C@@H](C(=O)Nc2ccn(-c3ccccc3F)n2)CC1. The highest BCUT2D eigenvalue weighted by Gasteiger charge is 2.32. The standard InChI is InChI=1S/C20H23FN4O3/c21-16-3-1-2-4-17(16)25-10-9-18(23-25)22-20(27)14-5-7-15(8-6-14)24-11-12-28-13-19(24)26/h1-4,9-10,14-15H,5-8,11-13H2,(H,22,23,27)/t14-,15+. The lowest BCUT2D eigenvalue weighted by molar-refractivity contribution is -0.146. The Kier molecular flexibility index (Phi) is 5.38. The molecule has 1 N–H and O–H groups in total. The second kappa shape index (κ2) is 8.10. The summed E-state index contributed by atoms with van der Waals surface area (Å²) >= 11 is 0. The Balaban J connectivity index is 1.33. The van der Waals surface area contributed by atoms with Gasteiger partial charge in [0.25, 0.3) is 0 Å². The molecule has 2 heterocycles. The minimum atomic E-state index is -0.376. The number of aromatic nitrogens is 2. The average molecular weight is 386 g/mol. The van der Waals surface area contributed by atoms with Crippen LogP contribution in [0.4, 0.5) is 10.2 Å². The summed E-state index contributed by atoms with van der Waals surface area (Å²) in [5.41, 5.74) is 0.332. The minimum absolute atomic E-state index is 0.0397. The van der Waals surface area contributed by atoms with Gasteiger partial charge in [-0.2, -0.15) is 0 Å². The van der Waals surface area contributed by atoms with E-state index in [4.69, 9.17) is 4.74 Å². The predicted molar refractivity (Wildman–Crippen MR) is 100 cm³/mol. The summed E-state index contributed by atoms with van der Waals surface area (Å²) in [6.07, 6.45) is 4.71. The van der Waals surface area contributed by atoms with Crippen LogP contribution in [0.1, 0.15) is 25.7 Å². The summed E-state index contributed by atoms with van der Waals surface area (Å²) in [6.45, 7) is 1.37. The fourth-order valence-corrected chi connectivity index (χ4v) is 3.96. The first kappa shape index (κ1) is 18.6. The number of carbonyl (C=O) groups is 2. The van der Waals surface area contributed by atoms with Gasteiger partial charge in [-0.05, 0) is 37.8 Å². The van der Waals surface area contributed by atoms with Gasteiger partial charge < -0.3 is 15.0 Å². The van der Waals surface area contributed by atoms with Crippen molar-refractivity contribution < 1.29 is 18.7 Å². The maximum absolute atomic E-state index is 13.9. The Morgan fingerprint density at radius 2 is 1.96 bits per heavy atom. The number of carbonyl (C=O) groups excluding carboxylic acids is 2. The normalized spacial score (nSPS) is 22.9. The molecule has 0 atom stereocenters. The molecule has 4 rings (SSSR count). The first-order chi connectivity index (χ1) is 13.6. The molecule has 1 saturated carbocycles. The van der Waals surface area contributed by atoms with Crippen molar-refractivity contribution in [1.82, 2.24) is 14.7 Å². The third kappa shape index (κ3) is 3.91. The molecule has 2 amide bonds. The largest absolute Gasteiger partial charge is 0.370 e. The molecule has 7 nitrogen and oxygen atoms in total. The molecule has 0 spiro atoms. The molecule has 28 heavy (non-hydrogen) atoms. The zero-order valence-corrected chi connectivity index (χ0v) is 15.5. The van der Waals surface area contributed by atoms with Crippen molar-refractivity contribution in [3.63, 3.8) is 0 Å². The van der Waals surface area contributed by atoms with Crippen LogP contribution in [0.15, 0.2) is 36.5 Å². The van der Waals surface area contributed by atoms with Crippen LogP contribution < -0.4 is 5.32 Å². The van der Waals surface area contributed by atoms with Gasteiger partial charge >= 0.3 is 0 Å². The lowest BCUT2D eigenvalue weighted by Crippen LogP contribution is -2.49. The molecular formula is C20H23FN4O3. The summed E-state index contributed by atoms with van der Waals surface area (Å²) in [7, 11) is 0. The summed E-state index contributed by atoms with van der Waals surface area (Å²) < 4.78 is 20.5. The maximum atomic E-state index is 13.9. The number of nitrogens with zero attached hydrogens (tertiary/aromatic N) is 3. The highest BCUT2D eigenvalue weighted by atomic mass is 19.1. The number of para-hydroxylation sites is 1. The first-order valence-corrected chi connectivity index (χ1v) is 9.60. The molecule has 1 aromatic heterocycles. The van der Waals surface area contributed by atoms with Gasteiger partial charge in [0.2, 0.25) is 11.8 Å². The Morgan fingerprint density at radius 3 is 2.71 bits per heavy atom. The third-order valence-electron chi connectivity index (χ3n) is 5.47. The van der Waals surface area contributed by atoms with E-state index in [0.717, 1.165) is 25.7 Å². The van der Waals surface area contributed by atoms with E-state index in [1.807, 2.05) is 4.90 Å². The van der Waals surface area contributed by atoms with Gasteiger partial charge in [0.1, 0.15) is 18.1 Å². The second-order valence-corrected chi connectivity index (χ2v) is 7.23.